The number of nitrogens with one attached hydrogen (secondary N) is 1. The van der Waals surface area contributed by atoms with Gasteiger partial charge in [-0.05, 0) is 18.1 Å². The van der Waals surface area contributed by atoms with Crippen LogP contribution in [-0.2, 0) is 12.7 Å². The quantitative estimate of drug-likeness (QED) is 0.283. The lowest BCUT2D eigenvalue weighted by atomic mass is 9.81. The Hall–Kier alpha value is -3.19. The van der Waals surface area contributed by atoms with Crippen LogP contribution in [0.25, 0.3) is 0 Å². The smallest absolute Gasteiger partial charge is 0.382 e. The van der Waals surface area contributed by atoms with E-state index in [0.29, 0.717) is 23.5 Å². The standard InChI is InChI=1S/C20H23ClF3N9O/c21-15-17(26)31-16(25)14(30-15)18(34)32-19(27)29-12-9-33(5-3-11(12)4-6-33)8-10-1-2-13(28-7-10)20(22,23)24/h1-2,7,11-12H,3-6,8-9H2,(H6-,25,26,27,29,31,32,34)/p+1/t11?,12-,33?/m1/s1. The van der Waals surface area contributed by atoms with Crippen LogP contribution in [0.4, 0.5) is 24.8 Å². The Morgan fingerprint density at radius 1 is 1.21 bits per heavy atom. The molecule has 2 aromatic heterocycles. The fourth-order valence-electron chi connectivity index (χ4n) is 4.69. The number of nitrogens with two attached hydrogens (primary N) is 3. The number of hydrogen-bond donors (Lipinski definition) is 4. The summed E-state index contributed by atoms with van der Waals surface area (Å²) in [4.78, 5) is 28.2. The van der Waals surface area contributed by atoms with Crippen LogP contribution in [-0.4, -0.2) is 57.0 Å². The summed E-state index contributed by atoms with van der Waals surface area (Å²) in [7, 11) is 0. The van der Waals surface area contributed by atoms with Crippen LogP contribution in [0.15, 0.2) is 23.3 Å². The maximum atomic E-state index is 12.8. The highest BCUT2D eigenvalue weighted by Gasteiger charge is 2.46. The molecular formula is C20H24ClF3N9O+. The van der Waals surface area contributed by atoms with Gasteiger partial charge < -0.3 is 21.7 Å². The molecule has 34 heavy (non-hydrogen) atoms. The lowest BCUT2D eigenvalue weighted by molar-refractivity contribution is -0.955. The molecule has 5 heterocycles. The number of fused-ring (bicyclic) bond motifs is 3. The van der Waals surface area contributed by atoms with E-state index in [0.717, 1.165) is 37.6 Å². The van der Waals surface area contributed by atoms with E-state index in [1.807, 2.05) is 0 Å². The minimum atomic E-state index is -4.47. The number of aliphatic imine (C=N–C) groups is 1. The number of nitrogens with zero attached hydrogens (tertiary/aromatic N) is 5. The number of amides is 1. The number of nitrogen functional groups attached to an aromatic ring is 2. The third kappa shape index (κ3) is 4.99. The Labute approximate surface area is 198 Å². The molecule has 3 fully saturated rings. The van der Waals surface area contributed by atoms with E-state index in [2.05, 4.69) is 25.3 Å². The van der Waals surface area contributed by atoms with Crippen LogP contribution in [0.1, 0.15) is 34.6 Å². The summed E-state index contributed by atoms with van der Waals surface area (Å²) in [5, 5.41) is 2.30. The maximum Gasteiger partial charge on any atom is 0.433 e. The fourth-order valence-corrected chi connectivity index (χ4v) is 4.81. The topological polar surface area (TPSA) is 158 Å². The molecule has 3 saturated heterocycles. The van der Waals surface area contributed by atoms with Gasteiger partial charge in [0.2, 0.25) is 0 Å². The normalized spacial score (nSPS) is 24.8. The number of carbonyl (C=O) groups excluding carboxylic acids is 1. The average molecular weight is 499 g/mol. The number of carbonyl (C=O) groups is 1. The van der Waals surface area contributed by atoms with Crippen molar-refractivity contribution in [2.45, 2.75) is 31.6 Å². The molecule has 0 aromatic carbocycles. The monoisotopic (exact) mass is 498 g/mol. The van der Waals surface area contributed by atoms with Crippen LogP contribution in [0, 0.1) is 5.92 Å². The van der Waals surface area contributed by atoms with Gasteiger partial charge in [-0.2, -0.15) is 13.2 Å². The molecule has 0 saturated carbocycles. The molecule has 0 spiro atoms. The maximum absolute atomic E-state index is 12.8. The van der Waals surface area contributed by atoms with Crippen molar-refractivity contribution in [1.29, 1.82) is 0 Å². The molecule has 5 rings (SSSR count). The van der Waals surface area contributed by atoms with Gasteiger partial charge in [-0.1, -0.05) is 11.6 Å². The molecule has 14 heteroatoms. The summed E-state index contributed by atoms with van der Waals surface area (Å²) in [6.45, 7) is 2.98. The molecule has 3 aliphatic rings. The largest absolute Gasteiger partial charge is 0.433 e. The highest BCUT2D eigenvalue weighted by molar-refractivity contribution is 6.31. The second-order valence-electron chi connectivity index (χ2n) is 8.69. The Kier molecular flexibility index (Phi) is 6.25. The number of aromatic nitrogens is 3. The molecule has 2 aromatic rings. The number of piperidine rings is 3. The van der Waals surface area contributed by atoms with Gasteiger partial charge in [0.15, 0.2) is 28.4 Å². The van der Waals surface area contributed by atoms with Crippen molar-refractivity contribution in [2.75, 3.05) is 31.1 Å². The van der Waals surface area contributed by atoms with Gasteiger partial charge in [-0.15, -0.1) is 0 Å². The van der Waals surface area contributed by atoms with Gasteiger partial charge in [-0.25, -0.2) is 15.0 Å². The van der Waals surface area contributed by atoms with E-state index in [9.17, 15) is 18.0 Å². The van der Waals surface area contributed by atoms with Crippen molar-refractivity contribution in [1.82, 2.24) is 20.3 Å². The number of guanidine groups is 1. The van der Waals surface area contributed by atoms with E-state index in [1.165, 1.54) is 12.3 Å². The molecule has 1 amide bonds. The molecule has 182 valence electrons. The summed E-state index contributed by atoms with van der Waals surface area (Å²) >= 11 is 5.82. The molecule has 2 bridgehead atoms. The molecule has 10 nitrogen and oxygen atoms in total. The molecule has 0 unspecified atom stereocenters. The number of pyridine rings is 1. The van der Waals surface area contributed by atoms with Crippen molar-refractivity contribution in [2.24, 2.45) is 16.6 Å². The number of rotatable bonds is 4. The summed E-state index contributed by atoms with van der Waals surface area (Å²) in [6, 6.07) is 2.33. The minimum Gasteiger partial charge on any atom is -0.382 e. The van der Waals surface area contributed by atoms with E-state index >= 15 is 0 Å². The third-order valence-corrected chi connectivity index (χ3v) is 6.64. The molecule has 7 N–H and O–H groups in total. The number of alkyl halides is 3. The summed E-state index contributed by atoms with van der Waals surface area (Å²) in [5.74, 6) is -0.787. The van der Waals surface area contributed by atoms with E-state index in [-0.39, 0.29) is 34.5 Å². The van der Waals surface area contributed by atoms with Crippen LogP contribution < -0.4 is 22.5 Å². The predicted molar refractivity (Wildman–Crippen MR) is 119 cm³/mol. The van der Waals surface area contributed by atoms with Gasteiger partial charge >= 0.3 is 6.18 Å². The zero-order valence-electron chi connectivity index (χ0n) is 18.0. The Morgan fingerprint density at radius 2 is 1.91 bits per heavy atom. The molecule has 0 aliphatic carbocycles. The highest BCUT2D eigenvalue weighted by atomic mass is 35.5. The van der Waals surface area contributed by atoms with Crippen LogP contribution in [0.3, 0.4) is 0 Å². The third-order valence-electron chi connectivity index (χ3n) is 6.37. The van der Waals surface area contributed by atoms with Crippen molar-refractivity contribution < 1.29 is 22.4 Å². The van der Waals surface area contributed by atoms with Crippen LogP contribution in [0.5, 0.6) is 0 Å². The molecule has 3 aliphatic heterocycles. The average Bonchev–Trinajstić information content (AvgIpc) is 2.76. The van der Waals surface area contributed by atoms with Gasteiger partial charge in [0.05, 0.1) is 13.1 Å². The summed E-state index contributed by atoms with van der Waals surface area (Å²) in [6.07, 6.45) is -1.39. The van der Waals surface area contributed by atoms with E-state index in [1.54, 1.807) is 0 Å². The lowest BCUT2D eigenvalue weighted by Gasteiger charge is -2.51. The van der Waals surface area contributed by atoms with Crippen molar-refractivity contribution >= 4 is 35.1 Å². The zero-order valence-corrected chi connectivity index (χ0v) is 18.8. The van der Waals surface area contributed by atoms with E-state index in [4.69, 9.17) is 28.8 Å². The first kappa shape index (κ1) is 24.0. The summed E-state index contributed by atoms with van der Waals surface area (Å²) in [5.41, 5.74) is 16.8. The molecule has 1 atom stereocenters. The Morgan fingerprint density at radius 3 is 2.53 bits per heavy atom. The first-order chi connectivity index (χ1) is 16.0. The van der Waals surface area contributed by atoms with E-state index < -0.39 is 17.8 Å². The fraction of sp³-hybridized carbons (Fsp3) is 0.450. The van der Waals surface area contributed by atoms with Gasteiger partial charge in [0, 0.05) is 24.6 Å². The Balaban J connectivity index is 1.45. The lowest BCUT2D eigenvalue weighted by Crippen LogP contribution is -2.63. The number of quaternary nitrogens is 1. The highest BCUT2D eigenvalue weighted by Crippen LogP contribution is 2.37. The number of halogens is 4. The molecular weight excluding hydrogens is 475 g/mol. The van der Waals surface area contributed by atoms with Gasteiger partial charge in [-0.3, -0.25) is 15.1 Å². The van der Waals surface area contributed by atoms with Crippen molar-refractivity contribution in [3.05, 3.63) is 40.4 Å². The zero-order chi connectivity index (χ0) is 24.7. The first-order valence-corrected chi connectivity index (χ1v) is 10.9. The van der Waals surface area contributed by atoms with Crippen LogP contribution in [0.2, 0.25) is 5.15 Å². The number of anilines is 2. The van der Waals surface area contributed by atoms with Crippen molar-refractivity contribution in [3.8, 4) is 0 Å². The predicted octanol–water partition coefficient (Wildman–Crippen LogP) is 1.56. The SMILES string of the molecule is NC(=N[C@@H]1C[N+]2(Cc3ccc(C(F)(F)F)nc3)CCC1CC2)NC(=O)c1nc(Cl)c(N)nc1N. The summed E-state index contributed by atoms with van der Waals surface area (Å²) < 4.78 is 39.1. The second-order valence-corrected chi connectivity index (χ2v) is 9.04. The van der Waals surface area contributed by atoms with Gasteiger partial charge in [0.25, 0.3) is 5.91 Å². The van der Waals surface area contributed by atoms with Crippen LogP contribution >= 0.6 is 11.6 Å². The first-order valence-electron chi connectivity index (χ1n) is 10.6. The van der Waals surface area contributed by atoms with Crippen molar-refractivity contribution in [3.63, 3.8) is 0 Å². The minimum absolute atomic E-state index is 0.0905. The number of hydrogen-bond acceptors (Lipinski definition) is 7. The second kappa shape index (κ2) is 8.87. The Bertz CT molecular complexity index is 1120. The molecule has 0 radical (unpaired) electrons. The van der Waals surface area contributed by atoms with Gasteiger partial charge in [0.1, 0.15) is 24.8 Å².